The molecule has 0 amide bonds. The predicted octanol–water partition coefficient (Wildman–Crippen LogP) is 2.82. The Morgan fingerprint density at radius 1 is 1.25 bits per heavy atom. The normalized spacial score (nSPS) is 17.6. The minimum Gasteiger partial charge on any atom is -0.468 e. The molecule has 2 heterocycles. The van der Waals surface area contributed by atoms with Crippen LogP contribution in [0.4, 0.5) is 0 Å². The number of aryl methyl sites for hydroxylation is 2. The number of ether oxygens (including phenoxy) is 1. The molecule has 1 aliphatic rings. The summed E-state index contributed by atoms with van der Waals surface area (Å²) < 4.78 is 7.06. The van der Waals surface area contributed by atoms with Crippen molar-refractivity contribution in [3.63, 3.8) is 0 Å². The molecule has 3 rings (SSSR count). The van der Waals surface area contributed by atoms with Crippen LogP contribution in [0.25, 0.3) is 0 Å². The minimum atomic E-state index is -0.316. The number of carbonyl (C=O) groups is 1. The summed E-state index contributed by atoms with van der Waals surface area (Å²) in [4.78, 5) is 14.7. The lowest BCUT2D eigenvalue weighted by Gasteiger charge is -2.36. The molecular formula is C19H25N3O2. The van der Waals surface area contributed by atoms with E-state index in [0.29, 0.717) is 5.92 Å². The van der Waals surface area contributed by atoms with Crippen molar-refractivity contribution in [2.45, 2.75) is 31.7 Å². The van der Waals surface area contributed by atoms with Gasteiger partial charge in [-0.15, -0.1) is 0 Å². The second-order valence-corrected chi connectivity index (χ2v) is 6.47. The van der Waals surface area contributed by atoms with Gasteiger partial charge in [0, 0.05) is 24.9 Å². The van der Waals surface area contributed by atoms with Gasteiger partial charge in [0.2, 0.25) is 0 Å². The third kappa shape index (κ3) is 3.22. The summed E-state index contributed by atoms with van der Waals surface area (Å²) in [5.74, 6) is 0.326. The molecule has 1 saturated heterocycles. The van der Waals surface area contributed by atoms with Gasteiger partial charge in [0.25, 0.3) is 0 Å². The summed E-state index contributed by atoms with van der Waals surface area (Å²) in [6, 6.07) is 9.85. The molecule has 0 bridgehead atoms. The molecule has 24 heavy (non-hydrogen) atoms. The van der Waals surface area contributed by atoms with E-state index in [1.807, 2.05) is 49.1 Å². The standard InChI is InChI=1S/C19H25N3O2/c1-14-6-4-5-7-16(14)18(19(23)24-3)22-12-9-15(10-13-22)17-8-11-20-21(17)2/h4-8,11,15,18H,9-10,12-13H2,1-3H3/t18-/m0/s1. The molecule has 1 aliphatic heterocycles. The molecule has 0 N–H and O–H groups in total. The molecule has 0 aliphatic carbocycles. The Bertz CT molecular complexity index is 702. The number of carbonyl (C=O) groups excluding carboxylic acids is 1. The van der Waals surface area contributed by atoms with Gasteiger partial charge in [-0.3, -0.25) is 9.58 Å². The number of aromatic nitrogens is 2. The van der Waals surface area contributed by atoms with Crippen LogP contribution in [0.5, 0.6) is 0 Å². The van der Waals surface area contributed by atoms with E-state index in [4.69, 9.17) is 4.74 Å². The highest BCUT2D eigenvalue weighted by molar-refractivity contribution is 5.78. The average molecular weight is 327 g/mol. The molecule has 0 saturated carbocycles. The molecule has 5 nitrogen and oxygen atoms in total. The van der Waals surface area contributed by atoms with Crippen molar-refractivity contribution in [2.24, 2.45) is 7.05 Å². The summed E-state index contributed by atoms with van der Waals surface area (Å²) in [6.07, 6.45) is 3.91. The largest absolute Gasteiger partial charge is 0.468 e. The fourth-order valence-electron chi connectivity index (χ4n) is 3.72. The second-order valence-electron chi connectivity index (χ2n) is 6.47. The predicted molar refractivity (Wildman–Crippen MR) is 92.7 cm³/mol. The van der Waals surface area contributed by atoms with Crippen molar-refractivity contribution in [3.05, 3.63) is 53.3 Å². The van der Waals surface area contributed by atoms with Gasteiger partial charge in [0.15, 0.2) is 0 Å². The lowest BCUT2D eigenvalue weighted by atomic mass is 9.91. The third-order valence-electron chi connectivity index (χ3n) is 5.08. The highest BCUT2D eigenvalue weighted by Gasteiger charge is 2.33. The van der Waals surface area contributed by atoms with E-state index in [1.54, 1.807) is 0 Å². The molecule has 0 radical (unpaired) electrons. The Kier molecular flexibility index (Phi) is 5.00. The summed E-state index contributed by atoms with van der Waals surface area (Å²) >= 11 is 0. The first-order valence-electron chi connectivity index (χ1n) is 8.47. The van der Waals surface area contributed by atoms with Crippen molar-refractivity contribution in [1.82, 2.24) is 14.7 Å². The zero-order valence-electron chi connectivity index (χ0n) is 14.6. The molecule has 128 valence electrons. The van der Waals surface area contributed by atoms with Crippen molar-refractivity contribution >= 4 is 5.97 Å². The van der Waals surface area contributed by atoms with Crippen molar-refractivity contribution in [3.8, 4) is 0 Å². The number of piperidine rings is 1. The molecule has 2 aromatic rings. The van der Waals surface area contributed by atoms with Crippen LogP contribution < -0.4 is 0 Å². The number of hydrogen-bond acceptors (Lipinski definition) is 4. The second kappa shape index (κ2) is 7.18. The van der Waals surface area contributed by atoms with Crippen LogP contribution in [0.1, 0.15) is 41.6 Å². The van der Waals surface area contributed by atoms with Crippen LogP contribution >= 0.6 is 0 Å². The lowest BCUT2D eigenvalue weighted by molar-refractivity contribution is -0.147. The first-order valence-corrected chi connectivity index (χ1v) is 8.47. The van der Waals surface area contributed by atoms with Crippen LogP contribution in [0, 0.1) is 6.92 Å². The van der Waals surface area contributed by atoms with E-state index in [1.165, 1.54) is 12.8 Å². The highest BCUT2D eigenvalue weighted by Crippen LogP contribution is 2.33. The topological polar surface area (TPSA) is 47.4 Å². The van der Waals surface area contributed by atoms with Gasteiger partial charge in [0.05, 0.1) is 7.11 Å². The van der Waals surface area contributed by atoms with E-state index in [2.05, 4.69) is 16.1 Å². The monoisotopic (exact) mass is 327 g/mol. The van der Waals surface area contributed by atoms with Gasteiger partial charge in [-0.05, 0) is 50.0 Å². The summed E-state index contributed by atoms with van der Waals surface area (Å²) in [6.45, 7) is 3.81. The smallest absolute Gasteiger partial charge is 0.327 e. The molecule has 0 unspecified atom stereocenters. The SMILES string of the molecule is COC(=O)[C@H](c1ccccc1C)N1CCC(c2ccnn2C)CC1. The summed E-state index contributed by atoms with van der Waals surface area (Å²) in [5, 5.41) is 4.28. The maximum absolute atomic E-state index is 12.5. The number of likely N-dealkylation sites (tertiary alicyclic amines) is 1. The number of methoxy groups -OCH3 is 1. The minimum absolute atomic E-state index is 0.178. The third-order valence-corrected chi connectivity index (χ3v) is 5.08. The van der Waals surface area contributed by atoms with Crippen LogP contribution in [0.3, 0.4) is 0 Å². The molecular weight excluding hydrogens is 302 g/mol. The Labute approximate surface area is 143 Å². The van der Waals surface area contributed by atoms with Gasteiger partial charge in [-0.25, -0.2) is 4.79 Å². The Hall–Kier alpha value is -2.14. The highest BCUT2D eigenvalue weighted by atomic mass is 16.5. The molecule has 1 atom stereocenters. The molecule has 1 aromatic carbocycles. The number of esters is 1. The van der Waals surface area contributed by atoms with Crippen LogP contribution in [-0.4, -0.2) is 40.8 Å². The van der Waals surface area contributed by atoms with E-state index in [9.17, 15) is 4.79 Å². The maximum Gasteiger partial charge on any atom is 0.327 e. The quantitative estimate of drug-likeness (QED) is 0.810. The number of hydrogen-bond donors (Lipinski definition) is 0. The fourth-order valence-corrected chi connectivity index (χ4v) is 3.72. The fraction of sp³-hybridized carbons (Fsp3) is 0.474. The van der Waals surface area contributed by atoms with E-state index < -0.39 is 0 Å². The molecule has 5 heteroatoms. The zero-order chi connectivity index (χ0) is 17.1. The number of rotatable bonds is 4. The van der Waals surface area contributed by atoms with Crippen molar-refractivity contribution in [2.75, 3.05) is 20.2 Å². The summed E-state index contributed by atoms with van der Waals surface area (Å²) in [7, 11) is 3.46. The van der Waals surface area contributed by atoms with Crippen molar-refractivity contribution in [1.29, 1.82) is 0 Å². The Morgan fingerprint density at radius 3 is 2.54 bits per heavy atom. The zero-order valence-corrected chi connectivity index (χ0v) is 14.6. The molecule has 1 aromatic heterocycles. The lowest BCUT2D eigenvalue weighted by Crippen LogP contribution is -2.40. The van der Waals surface area contributed by atoms with Crippen LogP contribution in [-0.2, 0) is 16.6 Å². The first kappa shape index (κ1) is 16.7. The number of benzene rings is 1. The summed E-state index contributed by atoms with van der Waals surface area (Å²) in [5.41, 5.74) is 3.45. The van der Waals surface area contributed by atoms with Gasteiger partial charge in [0.1, 0.15) is 6.04 Å². The van der Waals surface area contributed by atoms with E-state index >= 15 is 0 Å². The maximum atomic E-state index is 12.5. The van der Waals surface area contributed by atoms with E-state index in [-0.39, 0.29) is 12.0 Å². The van der Waals surface area contributed by atoms with Gasteiger partial charge in [-0.1, -0.05) is 24.3 Å². The first-order chi connectivity index (χ1) is 11.6. The van der Waals surface area contributed by atoms with Gasteiger partial charge in [-0.2, -0.15) is 5.10 Å². The molecule has 0 spiro atoms. The molecule has 1 fully saturated rings. The van der Waals surface area contributed by atoms with Crippen LogP contribution in [0.15, 0.2) is 36.5 Å². The average Bonchev–Trinajstić information content (AvgIpc) is 3.03. The number of nitrogens with zero attached hydrogens (tertiary/aromatic N) is 3. The van der Waals surface area contributed by atoms with E-state index in [0.717, 1.165) is 37.1 Å². The van der Waals surface area contributed by atoms with Gasteiger partial charge >= 0.3 is 5.97 Å². The van der Waals surface area contributed by atoms with Crippen molar-refractivity contribution < 1.29 is 9.53 Å². The van der Waals surface area contributed by atoms with Gasteiger partial charge < -0.3 is 4.74 Å². The van der Waals surface area contributed by atoms with Crippen LogP contribution in [0.2, 0.25) is 0 Å². The Balaban J connectivity index is 1.78. The Morgan fingerprint density at radius 2 is 1.96 bits per heavy atom.